The van der Waals surface area contributed by atoms with E-state index in [2.05, 4.69) is 69.2 Å². The Bertz CT molecular complexity index is 1360. The number of fused-ring (bicyclic) bond motifs is 3. The zero-order valence-corrected chi connectivity index (χ0v) is 18.6. The second-order valence-corrected chi connectivity index (χ2v) is 9.17. The summed E-state index contributed by atoms with van der Waals surface area (Å²) in [5, 5.41) is 7.74. The standard InChI is InChI=1S/C27H26N6O/c28-24(34)22-18-8-9-19(15-18)23(22)31-26-21-12-13-29-25(21)32-27(33-26)30-20-10-6-17(7-11-20)14-16-4-2-1-3-5-16/h1-13,18-19,22-23H,14-15H2,(H2,28,34)(H3,29,30,31,32,33). The summed E-state index contributed by atoms with van der Waals surface area (Å²) in [5.41, 5.74) is 9.91. The number of amides is 1. The van der Waals surface area contributed by atoms with Crippen molar-refractivity contribution in [1.29, 1.82) is 0 Å². The van der Waals surface area contributed by atoms with E-state index in [1.165, 1.54) is 11.1 Å². The largest absolute Gasteiger partial charge is 0.369 e. The van der Waals surface area contributed by atoms with Crippen LogP contribution in [0.2, 0.25) is 0 Å². The van der Waals surface area contributed by atoms with Crippen LogP contribution in [0.3, 0.4) is 0 Å². The molecule has 170 valence electrons. The Morgan fingerprint density at radius 2 is 1.74 bits per heavy atom. The predicted octanol–water partition coefficient (Wildman–Crippen LogP) is 4.38. The fourth-order valence-electron chi connectivity index (χ4n) is 5.34. The smallest absolute Gasteiger partial charge is 0.231 e. The normalized spacial score (nSPS) is 22.8. The molecule has 2 aromatic carbocycles. The molecule has 1 amide bonds. The fraction of sp³-hybridized carbons (Fsp3) is 0.222. The molecule has 2 heterocycles. The Hall–Kier alpha value is -4.13. The van der Waals surface area contributed by atoms with Crippen molar-refractivity contribution in [3.63, 3.8) is 0 Å². The number of aromatic amines is 1. The van der Waals surface area contributed by atoms with Crippen molar-refractivity contribution in [1.82, 2.24) is 15.0 Å². The number of carbonyl (C=O) groups excluding carboxylic acids is 1. The van der Waals surface area contributed by atoms with E-state index in [1.54, 1.807) is 0 Å². The Kier molecular flexibility index (Phi) is 5.02. The molecule has 2 aromatic heterocycles. The van der Waals surface area contributed by atoms with Crippen LogP contribution < -0.4 is 16.4 Å². The third-order valence-electron chi connectivity index (χ3n) is 6.97. The molecule has 6 rings (SSSR count). The molecule has 0 saturated heterocycles. The van der Waals surface area contributed by atoms with Gasteiger partial charge >= 0.3 is 0 Å². The molecule has 0 spiro atoms. The SMILES string of the molecule is NC(=O)C1C2C=CC(C2)C1Nc1nc(Nc2ccc(Cc3ccccc3)cc2)nc2[nH]ccc12. The lowest BCUT2D eigenvalue weighted by molar-refractivity contribution is -0.122. The first-order valence-electron chi connectivity index (χ1n) is 11.6. The summed E-state index contributed by atoms with van der Waals surface area (Å²) in [6.07, 6.45) is 8.00. The van der Waals surface area contributed by atoms with Crippen molar-refractivity contribution in [3.05, 3.63) is 90.1 Å². The topological polar surface area (TPSA) is 109 Å². The maximum absolute atomic E-state index is 12.2. The van der Waals surface area contributed by atoms with E-state index in [1.807, 2.05) is 30.5 Å². The molecule has 0 aliphatic heterocycles. The minimum absolute atomic E-state index is 0.0642. The van der Waals surface area contributed by atoms with Gasteiger partial charge in [-0.25, -0.2) is 0 Å². The summed E-state index contributed by atoms with van der Waals surface area (Å²) in [6, 6.07) is 20.6. The predicted molar refractivity (Wildman–Crippen MR) is 134 cm³/mol. The lowest BCUT2D eigenvalue weighted by Gasteiger charge is -2.27. The monoisotopic (exact) mass is 450 g/mol. The Balaban J connectivity index is 1.24. The Labute approximate surface area is 197 Å². The van der Waals surface area contributed by atoms with E-state index in [0.717, 1.165) is 29.6 Å². The van der Waals surface area contributed by atoms with Gasteiger partial charge in [0.25, 0.3) is 0 Å². The Morgan fingerprint density at radius 1 is 0.971 bits per heavy atom. The summed E-state index contributed by atoms with van der Waals surface area (Å²) < 4.78 is 0. The molecule has 4 unspecified atom stereocenters. The molecule has 34 heavy (non-hydrogen) atoms. The van der Waals surface area contributed by atoms with E-state index in [9.17, 15) is 4.79 Å². The molecule has 7 heteroatoms. The van der Waals surface area contributed by atoms with E-state index < -0.39 is 0 Å². The zero-order chi connectivity index (χ0) is 23.1. The number of aromatic nitrogens is 3. The average Bonchev–Trinajstić information content (AvgIpc) is 3.57. The number of hydrogen-bond acceptors (Lipinski definition) is 5. The van der Waals surface area contributed by atoms with Crippen LogP contribution in [-0.2, 0) is 11.2 Å². The van der Waals surface area contributed by atoms with Gasteiger partial charge in [-0.2, -0.15) is 9.97 Å². The van der Waals surface area contributed by atoms with Crippen molar-refractivity contribution in [3.8, 4) is 0 Å². The summed E-state index contributed by atoms with van der Waals surface area (Å²) in [7, 11) is 0. The second kappa shape index (κ2) is 8.33. The Morgan fingerprint density at radius 3 is 2.53 bits per heavy atom. The molecule has 1 saturated carbocycles. The van der Waals surface area contributed by atoms with Gasteiger partial charge in [0.1, 0.15) is 11.5 Å². The van der Waals surface area contributed by atoms with Gasteiger partial charge in [-0.3, -0.25) is 4.79 Å². The van der Waals surface area contributed by atoms with Gasteiger partial charge in [-0.1, -0.05) is 54.6 Å². The minimum atomic E-state index is -0.261. The van der Waals surface area contributed by atoms with Crippen LogP contribution in [-0.4, -0.2) is 26.9 Å². The molecule has 0 radical (unpaired) electrons. The van der Waals surface area contributed by atoms with Crippen molar-refractivity contribution in [2.75, 3.05) is 10.6 Å². The van der Waals surface area contributed by atoms with Crippen molar-refractivity contribution >= 4 is 34.4 Å². The summed E-state index contributed by atoms with van der Waals surface area (Å²) in [6.45, 7) is 0. The van der Waals surface area contributed by atoms with Gasteiger partial charge in [0.05, 0.1) is 11.3 Å². The van der Waals surface area contributed by atoms with Crippen LogP contribution in [0.15, 0.2) is 79.0 Å². The van der Waals surface area contributed by atoms with Crippen molar-refractivity contribution in [2.24, 2.45) is 23.5 Å². The highest BCUT2D eigenvalue weighted by molar-refractivity contribution is 5.89. The second-order valence-electron chi connectivity index (χ2n) is 9.17. The number of carbonyl (C=O) groups is 1. The lowest BCUT2D eigenvalue weighted by atomic mass is 9.88. The maximum Gasteiger partial charge on any atom is 0.231 e. The molecule has 5 N–H and O–H groups in total. The number of anilines is 3. The average molecular weight is 451 g/mol. The van der Waals surface area contributed by atoms with Gasteiger partial charge in [0.2, 0.25) is 11.9 Å². The number of nitrogens with zero attached hydrogens (tertiary/aromatic N) is 2. The van der Waals surface area contributed by atoms with Crippen LogP contribution >= 0.6 is 0 Å². The van der Waals surface area contributed by atoms with Crippen LogP contribution in [0.25, 0.3) is 11.0 Å². The molecule has 2 bridgehead atoms. The molecule has 4 atom stereocenters. The van der Waals surface area contributed by atoms with E-state index >= 15 is 0 Å². The quantitative estimate of drug-likeness (QED) is 0.313. The number of primary amides is 1. The van der Waals surface area contributed by atoms with Crippen molar-refractivity contribution in [2.45, 2.75) is 18.9 Å². The summed E-state index contributed by atoms with van der Waals surface area (Å²) in [5.74, 6) is 1.18. The first-order valence-corrected chi connectivity index (χ1v) is 11.6. The highest BCUT2D eigenvalue weighted by Crippen LogP contribution is 2.45. The van der Waals surface area contributed by atoms with Gasteiger partial charge in [0, 0.05) is 17.9 Å². The highest BCUT2D eigenvalue weighted by atomic mass is 16.1. The van der Waals surface area contributed by atoms with Gasteiger partial charge < -0.3 is 21.4 Å². The van der Waals surface area contributed by atoms with Gasteiger partial charge in [-0.15, -0.1) is 0 Å². The summed E-state index contributed by atoms with van der Waals surface area (Å²) in [4.78, 5) is 24.7. The third kappa shape index (κ3) is 3.79. The van der Waals surface area contributed by atoms with Crippen LogP contribution in [0, 0.1) is 17.8 Å². The number of allylic oxidation sites excluding steroid dienone is 1. The van der Waals surface area contributed by atoms with Crippen LogP contribution in [0.5, 0.6) is 0 Å². The fourth-order valence-corrected chi connectivity index (χ4v) is 5.34. The number of nitrogens with two attached hydrogens (primary N) is 1. The first kappa shape index (κ1) is 20.5. The number of benzene rings is 2. The minimum Gasteiger partial charge on any atom is -0.369 e. The maximum atomic E-state index is 12.2. The van der Waals surface area contributed by atoms with Crippen LogP contribution in [0.1, 0.15) is 17.5 Å². The molecule has 1 fully saturated rings. The van der Waals surface area contributed by atoms with E-state index in [-0.39, 0.29) is 29.7 Å². The lowest BCUT2D eigenvalue weighted by Crippen LogP contribution is -2.41. The number of hydrogen-bond donors (Lipinski definition) is 4. The van der Waals surface area contributed by atoms with Gasteiger partial charge in [-0.05, 0) is 54.0 Å². The van der Waals surface area contributed by atoms with E-state index in [4.69, 9.17) is 10.7 Å². The first-order chi connectivity index (χ1) is 16.6. The molecule has 2 aliphatic carbocycles. The number of rotatable bonds is 7. The zero-order valence-electron chi connectivity index (χ0n) is 18.6. The molecule has 2 aliphatic rings. The number of H-pyrrole nitrogens is 1. The van der Waals surface area contributed by atoms with Gasteiger partial charge in [0.15, 0.2) is 0 Å². The van der Waals surface area contributed by atoms with Crippen molar-refractivity contribution < 1.29 is 4.79 Å². The number of nitrogens with one attached hydrogen (secondary N) is 3. The van der Waals surface area contributed by atoms with Crippen LogP contribution in [0.4, 0.5) is 17.5 Å². The third-order valence-corrected chi connectivity index (χ3v) is 6.97. The summed E-state index contributed by atoms with van der Waals surface area (Å²) >= 11 is 0. The molecule has 7 nitrogen and oxygen atoms in total. The molecule has 4 aromatic rings. The molecular weight excluding hydrogens is 424 g/mol. The van der Waals surface area contributed by atoms with E-state index in [0.29, 0.717) is 11.8 Å². The molecular formula is C27H26N6O. The highest BCUT2D eigenvalue weighted by Gasteiger charge is 2.47.